The van der Waals surface area contributed by atoms with Gasteiger partial charge in [0.2, 0.25) is 5.82 Å². The molecule has 2 atom stereocenters. The van der Waals surface area contributed by atoms with Crippen molar-refractivity contribution in [3.63, 3.8) is 0 Å². The average Bonchev–Trinajstić information content (AvgIpc) is 2.84. The minimum absolute atomic E-state index is 0. The van der Waals surface area contributed by atoms with Crippen molar-refractivity contribution in [1.29, 1.82) is 0 Å². The Morgan fingerprint density at radius 3 is 2.62 bits per heavy atom. The van der Waals surface area contributed by atoms with E-state index in [9.17, 15) is 19.3 Å². The molecule has 2 unspecified atom stereocenters. The Kier molecular flexibility index (Phi) is 5.95. The zero-order chi connectivity index (χ0) is 16.4. The SMILES string of the molecule is Cl.O=C(COc1ccc([N+](=O)[O-])c(F)c1)NC1CC2CCC(C1)N2. The van der Waals surface area contributed by atoms with Crippen LogP contribution in [0.5, 0.6) is 5.75 Å². The van der Waals surface area contributed by atoms with Gasteiger partial charge < -0.3 is 15.4 Å². The van der Waals surface area contributed by atoms with Gasteiger partial charge in [0.25, 0.3) is 5.91 Å². The second-order valence-corrected chi connectivity index (χ2v) is 6.03. The Labute approximate surface area is 144 Å². The highest BCUT2D eigenvalue weighted by Crippen LogP contribution is 2.26. The standard InChI is InChI=1S/C15H18FN3O4.ClH/c16-13-7-12(3-4-14(13)19(21)22)23-8-15(20)18-11-5-9-1-2-10(6-11)17-9;/h3-4,7,9-11,17H,1-2,5-6,8H2,(H,18,20);1H. The number of carbonyl (C=O) groups excluding carboxylic acids is 1. The van der Waals surface area contributed by atoms with E-state index in [-0.39, 0.29) is 36.7 Å². The van der Waals surface area contributed by atoms with Crippen molar-refractivity contribution in [2.24, 2.45) is 0 Å². The lowest BCUT2D eigenvalue weighted by Crippen LogP contribution is -2.48. The van der Waals surface area contributed by atoms with Crippen LogP contribution >= 0.6 is 12.4 Å². The third-order valence-corrected chi connectivity index (χ3v) is 4.32. The van der Waals surface area contributed by atoms with Gasteiger partial charge >= 0.3 is 5.69 Å². The van der Waals surface area contributed by atoms with Crippen molar-refractivity contribution in [2.45, 2.75) is 43.8 Å². The Bertz CT molecular complexity index is 619. The Hall–Kier alpha value is -1.93. The van der Waals surface area contributed by atoms with E-state index < -0.39 is 16.4 Å². The molecule has 0 aliphatic carbocycles. The number of amides is 1. The number of benzene rings is 1. The number of fused-ring (bicyclic) bond motifs is 2. The van der Waals surface area contributed by atoms with Crippen LogP contribution in [-0.2, 0) is 4.79 Å². The van der Waals surface area contributed by atoms with Gasteiger partial charge in [-0.1, -0.05) is 0 Å². The molecule has 0 saturated carbocycles. The quantitative estimate of drug-likeness (QED) is 0.619. The lowest BCUT2D eigenvalue weighted by Gasteiger charge is -2.29. The first-order chi connectivity index (χ1) is 11.0. The maximum Gasteiger partial charge on any atom is 0.305 e. The molecule has 7 nitrogen and oxygen atoms in total. The van der Waals surface area contributed by atoms with Gasteiger partial charge in [-0.3, -0.25) is 14.9 Å². The van der Waals surface area contributed by atoms with Gasteiger partial charge in [-0.2, -0.15) is 4.39 Å². The van der Waals surface area contributed by atoms with E-state index in [0.717, 1.165) is 37.8 Å². The normalized spacial score (nSPS) is 24.8. The highest BCUT2D eigenvalue weighted by Gasteiger charge is 2.33. The molecule has 3 rings (SSSR count). The monoisotopic (exact) mass is 359 g/mol. The highest BCUT2D eigenvalue weighted by molar-refractivity contribution is 5.85. The number of nitrogens with zero attached hydrogens (tertiary/aromatic N) is 1. The molecular formula is C15H19ClFN3O4. The van der Waals surface area contributed by atoms with Crippen LogP contribution in [0.2, 0.25) is 0 Å². The third-order valence-electron chi connectivity index (χ3n) is 4.32. The lowest BCUT2D eigenvalue weighted by atomic mass is 10.00. The molecule has 2 saturated heterocycles. The molecule has 2 N–H and O–H groups in total. The predicted molar refractivity (Wildman–Crippen MR) is 86.9 cm³/mol. The first kappa shape index (κ1) is 18.4. The van der Waals surface area contributed by atoms with Crippen LogP contribution in [0.15, 0.2) is 18.2 Å². The first-order valence-electron chi connectivity index (χ1n) is 7.63. The summed E-state index contributed by atoms with van der Waals surface area (Å²) in [6.45, 7) is -0.240. The van der Waals surface area contributed by atoms with Crippen molar-refractivity contribution in [3.8, 4) is 5.75 Å². The largest absolute Gasteiger partial charge is 0.484 e. The molecule has 0 aromatic heterocycles. The highest BCUT2D eigenvalue weighted by atomic mass is 35.5. The number of halogens is 2. The van der Waals surface area contributed by atoms with E-state index in [1.807, 2.05) is 0 Å². The number of nitro groups is 1. The summed E-state index contributed by atoms with van der Waals surface area (Å²) in [6.07, 6.45) is 4.12. The van der Waals surface area contributed by atoms with E-state index >= 15 is 0 Å². The summed E-state index contributed by atoms with van der Waals surface area (Å²) < 4.78 is 18.7. The number of carbonyl (C=O) groups is 1. The van der Waals surface area contributed by atoms with E-state index in [1.165, 1.54) is 6.07 Å². The third kappa shape index (κ3) is 4.33. The van der Waals surface area contributed by atoms with E-state index in [0.29, 0.717) is 12.1 Å². The molecule has 1 aromatic carbocycles. The number of ether oxygens (including phenoxy) is 1. The maximum absolute atomic E-state index is 13.5. The van der Waals surface area contributed by atoms with Crippen LogP contribution in [0.4, 0.5) is 10.1 Å². The average molecular weight is 360 g/mol. The van der Waals surface area contributed by atoms with Crippen LogP contribution in [0.1, 0.15) is 25.7 Å². The minimum Gasteiger partial charge on any atom is -0.484 e. The zero-order valence-electron chi connectivity index (χ0n) is 12.9. The molecule has 1 aromatic rings. The Balaban J connectivity index is 0.00000208. The van der Waals surface area contributed by atoms with Crippen LogP contribution in [0.25, 0.3) is 0 Å². The van der Waals surface area contributed by atoms with Gasteiger partial charge in [0.1, 0.15) is 5.75 Å². The summed E-state index contributed by atoms with van der Waals surface area (Å²) in [7, 11) is 0. The Morgan fingerprint density at radius 2 is 2.04 bits per heavy atom. The van der Waals surface area contributed by atoms with Crippen LogP contribution in [0.3, 0.4) is 0 Å². The van der Waals surface area contributed by atoms with Gasteiger partial charge in [-0.15, -0.1) is 12.4 Å². The molecule has 0 radical (unpaired) electrons. The van der Waals surface area contributed by atoms with Crippen molar-refractivity contribution >= 4 is 24.0 Å². The van der Waals surface area contributed by atoms with Crippen LogP contribution in [0, 0.1) is 15.9 Å². The molecule has 9 heteroatoms. The van der Waals surface area contributed by atoms with Crippen molar-refractivity contribution in [1.82, 2.24) is 10.6 Å². The van der Waals surface area contributed by atoms with Gasteiger partial charge in [-0.25, -0.2) is 0 Å². The fourth-order valence-electron chi connectivity index (χ4n) is 3.32. The van der Waals surface area contributed by atoms with Gasteiger partial charge in [0.15, 0.2) is 6.61 Å². The summed E-state index contributed by atoms with van der Waals surface area (Å²) >= 11 is 0. The maximum atomic E-state index is 13.5. The van der Waals surface area contributed by atoms with Crippen LogP contribution in [-0.4, -0.2) is 35.6 Å². The van der Waals surface area contributed by atoms with E-state index in [2.05, 4.69) is 10.6 Å². The molecule has 2 heterocycles. The smallest absolute Gasteiger partial charge is 0.305 e. The molecule has 1 amide bonds. The number of hydrogen-bond donors (Lipinski definition) is 2. The fraction of sp³-hybridized carbons (Fsp3) is 0.533. The number of piperidine rings is 1. The second-order valence-electron chi connectivity index (χ2n) is 6.03. The van der Waals surface area contributed by atoms with E-state index in [4.69, 9.17) is 4.74 Å². The topological polar surface area (TPSA) is 93.5 Å². The fourth-order valence-corrected chi connectivity index (χ4v) is 3.32. The van der Waals surface area contributed by atoms with Gasteiger partial charge in [0.05, 0.1) is 4.92 Å². The molecule has 2 bridgehead atoms. The summed E-state index contributed by atoms with van der Waals surface area (Å²) in [5.74, 6) is -1.16. The predicted octanol–water partition coefficient (Wildman–Crippen LogP) is 1.93. The van der Waals surface area contributed by atoms with Crippen molar-refractivity contribution in [2.75, 3.05) is 6.61 Å². The minimum atomic E-state index is -0.983. The molecule has 24 heavy (non-hydrogen) atoms. The molecule has 2 aliphatic heterocycles. The molecule has 132 valence electrons. The zero-order valence-corrected chi connectivity index (χ0v) is 13.7. The number of rotatable bonds is 5. The van der Waals surface area contributed by atoms with Gasteiger partial charge in [-0.05, 0) is 31.7 Å². The van der Waals surface area contributed by atoms with Crippen LogP contribution < -0.4 is 15.4 Å². The molecule has 0 spiro atoms. The number of hydrogen-bond acceptors (Lipinski definition) is 5. The number of nitrogens with one attached hydrogen (secondary N) is 2. The first-order valence-corrected chi connectivity index (χ1v) is 7.63. The molecule has 2 aliphatic rings. The van der Waals surface area contributed by atoms with E-state index in [1.54, 1.807) is 0 Å². The summed E-state index contributed by atoms with van der Waals surface area (Å²) in [6, 6.07) is 4.30. The molecule has 2 fully saturated rings. The lowest BCUT2D eigenvalue weighted by molar-refractivity contribution is -0.387. The summed E-state index contributed by atoms with van der Waals surface area (Å²) in [5, 5.41) is 17.0. The Morgan fingerprint density at radius 1 is 1.38 bits per heavy atom. The molecular weight excluding hydrogens is 341 g/mol. The number of nitro benzene ring substituents is 1. The van der Waals surface area contributed by atoms with Crippen molar-refractivity contribution < 1.29 is 18.8 Å². The van der Waals surface area contributed by atoms with Gasteiger partial charge in [0, 0.05) is 30.3 Å². The summed E-state index contributed by atoms with van der Waals surface area (Å²) in [5.41, 5.74) is -0.619. The second kappa shape index (κ2) is 7.76. The van der Waals surface area contributed by atoms with Crippen molar-refractivity contribution in [3.05, 3.63) is 34.1 Å². The summed E-state index contributed by atoms with van der Waals surface area (Å²) in [4.78, 5) is 21.6.